The highest BCUT2D eigenvalue weighted by Crippen LogP contribution is 2.28. The third kappa shape index (κ3) is 8.42. The molecule has 0 bridgehead atoms. The van der Waals surface area contributed by atoms with Gasteiger partial charge >= 0.3 is 6.09 Å². The number of benzene rings is 1. The van der Waals surface area contributed by atoms with Crippen molar-refractivity contribution in [1.29, 1.82) is 5.26 Å². The lowest BCUT2D eigenvalue weighted by Crippen LogP contribution is -2.59. The molecule has 1 atom stereocenters. The van der Waals surface area contributed by atoms with Crippen molar-refractivity contribution in [3.8, 4) is 6.07 Å². The van der Waals surface area contributed by atoms with E-state index in [1.165, 1.54) is 12.0 Å². The van der Waals surface area contributed by atoms with Gasteiger partial charge in [-0.05, 0) is 37.2 Å². The first-order chi connectivity index (χ1) is 18.0. The first-order valence-corrected chi connectivity index (χ1v) is 13.9. The van der Waals surface area contributed by atoms with Crippen LogP contribution in [0, 0.1) is 17.2 Å². The number of ether oxygens (including phenoxy) is 1. The van der Waals surface area contributed by atoms with Crippen LogP contribution < -0.4 is 10.6 Å². The van der Waals surface area contributed by atoms with Gasteiger partial charge in [0.2, 0.25) is 5.91 Å². The number of hydrogen-bond acceptors (Lipinski definition) is 7. The molecule has 37 heavy (non-hydrogen) atoms. The minimum atomic E-state index is -0.916. The molecule has 2 saturated heterocycles. The Morgan fingerprint density at radius 2 is 1.78 bits per heavy atom. The van der Waals surface area contributed by atoms with Crippen LogP contribution in [0.3, 0.4) is 0 Å². The lowest BCUT2D eigenvalue weighted by molar-refractivity contribution is -0.147. The van der Waals surface area contributed by atoms with E-state index < -0.39 is 17.7 Å². The van der Waals surface area contributed by atoms with Crippen molar-refractivity contribution in [2.75, 3.05) is 45.9 Å². The number of carbonyl (C=O) groups excluding carboxylic acids is 2. The van der Waals surface area contributed by atoms with Crippen LogP contribution in [0.4, 0.5) is 4.79 Å². The normalized spacial score (nSPS) is 21.9. The summed E-state index contributed by atoms with van der Waals surface area (Å²) in [6.07, 6.45) is 7.68. The number of morpholine rings is 1. The molecule has 4 rings (SSSR count). The Morgan fingerprint density at radius 3 is 2.46 bits per heavy atom. The fraction of sp³-hybridized carbons (Fsp3) is 0.679. The van der Waals surface area contributed by atoms with Crippen LogP contribution >= 0.6 is 0 Å². The minimum Gasteiger partial charge on any atom is -0.379 e. The predicted octanol–water partition coefficient (Wildman–Crippen LogP) is 3.02. The van der Waals surface area contributed by atoms with Gasteiger partial charge in [-0.1, -0.05) is 62.4 Å². The van der Waals surface area contributed by atoms with Gasteiger partial charge in [0.1, 0.15) is 11.6 Å². The highest BCUT2D eigenvalue weighted by molar-refractivity contribution is 5.86. The second-order valence-corrected chi connectivity index (χ2v) is 10.6. The van der Waals surface area contributed by atoms with E-state index in [-0.39, 0.29) is 5.91 Å². The summed E-state index contributed by atoms with van der Waals surface area (Å²) in [6, 6.07) is 12.1. The maximum Gasteiger partial charge on any atom is 0.426 e. The lowest BCUT2D eigenvalue weighted by atomic mass is 9.84. The zero-order valence-corrected chi connectivity index (χ0v) is 21.8. The Balaban J connectivity index is 1.32. The van der Waals surface area contributed by atoms with Crippen LogP contribution in [0.5, 0.6) is 0 Å². The number of hydroxylamine groups is 2. The summed E-state index contributed by atoms with van der Waals surface area (Å²) in [6.45, 7) is 4.45. The average Bonchev–Trinajstić information content (AvgIpc) is 2.94. The summed E-state index contributed by atoms with van der Waals surface area (Å²) in [7, 11) is 0. The molecular formula is C28H41N5O4. The molecule has 3 fully saturated rings. The zero-order valence-electron chi connectivity index (χ0n) is 21.8. The maximum atomic E-state index is 13.5. The Labute approximate surface area is 220 Å². The predicted molar refractivity (Wildman–Crippen MR) is 139 cm³/mol. The summed E-state index contributed by atoms with van der Waals surface area (Å²) in [5.74, 6) is 0.0924. The summed E-state index contributed by atoms with van der Waals surface area (Å²) >= 11 is 0. The molecule has 2 heterocycles. The van der Waals surface area contributed by atoms with Crippen molar-refractivity contribution in [3.05, 3.63) is 35.9 Å². The van der Waals surface area contributed by atoms with Crippen molar-refractivity contribution in [1.82, 2.24) is 20.6 Å². The summed E-state index contributed by atoms with van der Waals surface area (Å²) in [4.78, 5) is 33.9. The van der Waals surface area contributed by atoms with Gasteiger partial charge in [-0.15, -0.1) is 5.06 Å². The monoisotopic (exact) mass is 511 g/mol. The quantitative estimate of drug-likeness (QED) is 0.525. The Morgan fingerprint density at radius 1 is 1.08 bits per heavy atom. The SMILES string of the molecule is N#CC1(NC(=O)C(CC2CCCCC2)NC(=O)ON2CCOCC2)CCN(CCc2ccccc2)CC1. The van der Waals surface area contributed by atoms with Gasteiger partial charge < -0.3 is 25.1 Å². The van der Waals surface area contributed by atoms with Gasteiger partial charge in [0.25, 0.3) is 0 Å². The highest BCUT2D eigenvalue weighted by atomic mass is 16.7. The first kappa shape index (κ1) is 27.4. The highest BCUT2D eigenvalue weighted by Gasteiger charge is 2.38. The molecule has 2 amide bonds. The minimum absolute atomic E-state index is 0.288. The van der Waals surface area contributed by atoms with E-state index in [0.29, 0.717) is 51.5 Å². The second kappa shape index (κ2) is 13.8. The van der Waals surface area contributed by atoms with Crippen LogP contribution in [-0.2, 0) is 20.8 Å². The molecule has 1 aromatic carbocycles. The molecular weight excluding hydrogens is 470 g/mol. The molecule has 1 aromatic rings. The van der Waals surface area contributed by atoms with E-state index in [1.807, 2.05) is 6.07 Å². The molecule has 202 valence electrons. The Kier molecular flexibility index (Phi) is 10.2. The van der Waals surface area contributed by atoms with Crippen LogP contribution in [0.15, 0.2) is 30.3 Å². The standard InChI is InChI=1S/C28H41N5O4/c29-22-28(12-15-32(16-13-28)14-11-23-7-3-1-4-8-23)31-26(34)25(21-24-9-5-2-6-10-24)30-27(35)37-33-17-19-36-20-18-33/h1,3-4,7-8,24-25H,2,5-6,9-21H2,(H,30,35)(H,31,34). The number of carbonyl (C=O) groups is 2. The van der Waals surface area contributed by atoms with Crippen molar-refractivity contribution >= 4 is 12.0 Å². The summed E-state index contributed by atoms with van der Waals surface area (Å²) in [5, 5.41) is 17.5. The van der Waals surface area contributed by atoms with Crippen molar-refractivity contribution in [3.63, 3.8) is 0 Å². The number of nitrogens with zero attached hydrogens (tertiary/aromatic N) is 3. The van der Waals surface area contributed by atoms with E-state index >= 15 is 0 Å². The Bertz CT molecular complexity index is 901. The van der Waals surface area contributed by atoms with E-state index in [0.717, 1.165) is 51.7 Å². The number of piperidine rings is 1. The Hall–Kier alpha value is -2.67. The van der Waals surface area contributed by atoms with Gasteiger partial charge in [-0.25, -0.2) is 4.79 Å². The molecule has 1 saturated carbocycles. The first-order valence-electron chi connectivity index (χ1n) is 13.9. The molecule has 9 heteroatoms. The number of nitriles is 1. The molecule has 3 aliphatic rings. The molecule has 0 spiro atoms. The van der Waals surface area contributed by atoms with Gasteiger partial charge in [0.15, 0.2) is 0 Å². The van der Waals surface area contributed by atoms with E-state index in [2.05, 4.69) is 45.9 Å². The van der Waals surface area contributed by atoms with Crippen LogP contribution in [0.1, 0.15) is 56.9 Å². The number of nitrogens with one attached hydrogen (secondary N) is 2. The fourth-order valence-corrected chi connectivity index (χ4v) is 5.59. The number of rotatable bonds is 9. The molecule has 2 aliphatic heterocycles. The third-order valence-electron chi connectivity index (χ3n) is 7.93. The van der Waals surface area contributed by atoms with Gasteiger partial charge in [-0.3, -0.25) is 4.79 Å². The van der Waals surface area contributed by atoms with Crippen molar-refractivity contribution in [2.45, 2.75) is 69.4 Å². The molecule has 1 unspecified atom stereocenters. The van der Waals surface area contributed by atoms with E-state index in [1.54, 1.807) is 5.06 Å². The molecule has 2 N–H and O–H groups in total. The third-order valence-corrected chi connectivity index (χ3v) is 7.93. The maximum absolute atomic E-state index is 13.5. The van der Waals surface area contributed by atoms with Crippen molar-refractivity contribution in [2.24, 2.45) is 5.92 Å². The van der Waals surface area contributed by atoms with Gasteiger partial charge in [0, 0.05) is 19.6 Å². The summed E-state index contributed by atoms with van der Waals surface area (Å²) < 4.78 is 5.30. The molecule has 1 aliphatic carbocycles. The topological polar surface area (TPSA) is 107 Å². The molecule has 0 aromatic heterocycles. The number of likely N-dealkylation sites (tertiary alicyclic amines) is 1. The molecule has 0 radical (unpaired) electrons. The average molecular weight is 512 g/mol. The van der Waals surface area contributed by atoms with Crippen molar-refractivity contribution < 1.29 is 19.2 Å². The van der Waals surface area contributed by atoms with Gasteiger partial charge in [0.05, 0.1) is 32.4 Å². The second-order valence-electron chi connectivity index (χ2n) is 10.6. The zero-order chi connectivity index (χ0) is 25.9. The van der Waals surface area contributed by atoms with E-state index in [4.69, 9.17) is 9.57 Å². The number of hydrogen-bond donors (Lipinski definition) is 2. The van der Waals surface area contributed by atoms with E-state index in [9.17, 15) is 14.9 Å². The number of amides is 2. The summed E-state index contributed by atoms with van der Waals surface area (Å²) in [5.41, 5.74) is 0.384. The lowest BCUT2D eigenvalue weighted by Gasteiger charge is -2.38. The largest absolute Gasteiger partial charge is 0.426 e. The molecule has 9 nitrogen and oxygen atoms in total. The smallest absolute Gasteiger partial charge is 0.379 e. The van der Waals surface area contributed by atoms with Gasteiger partial charge in [-0.2, -0.15) is 5.26 Å². The van der Waals surface area contributed by atoms with Crippen LogP contribution in [0.25, 0.3) is 0 Å². The van der Waals surface area contributed by atoms with Crippen LogP contribution in [0.2, 0.25) is 0 Å². The van der Waals surface area contributed by atoms with Crippen LogP contribution in [-0.4, -0.2) is 79.5 Å². The fourth-order valence-electron chi connectivity index (χ4n) is 5.59.